The first-order chi connectivity index (χ1) is 7.43. The molecule has 0 saturated heterocycles. The number of ether oxygens (including phenoxy) is 1. The normalized spacial score (nSPS) is 22.7. The average Bonchev–Trinajstić information content (AvgIpc) is 2.48. The van der Waals surface area contributed by atoms with E-state index in [4.69, 9.17) is 4.74 Å². The van der Waals surface area contributed by atoms with Crippen LogP contribution in [0.15, 0.2) is 54.1 Å². The number of allylic oxidation sites excluding steroid dienone is 2. The van der Waals surface area contributed by atoms with Crippen LogP contribution in [-0.2, 0) is 11.3 Å². The first-order valence-electron chi connectivity index (χ1n) is 5.19. The van der Waals surface area contributed by atoms with Gasteiger partial charge in [-0.1, -0.05) is 48.6 Å². The largest absolute Gasteiger partial charge is 0.365 e. The van der Waals surface area contributed by atoms with Gasteiger partial charge in [0, 0.05) is 0 Å². The van der Waals surface area contributed by atoms with Crippen LogP contribution in [0.4, 0.5) is 0 Å². The molecule has 0 saturated carbocycles. The molecule has 1 aliphatic heterocycles. The second kappa shape index (κ2) is 3.52. The molecule has 0 fully saturated rings. The highest BCUT2D eigenvalue weighted by Crippen LogP contribution is 2.25. The molecule has 1 aromatic rings. The van der Waals surface area contributed by atoms with Gasteiger partial charge in [0.15, 0.2) is 0 Å². The van der Waals surface area contributed by atoms with E-state index in [1.807, 2.05) is 6.08 Å². The molecule has 1 heterocycles. The fourth-order valence-corrected chi connectivity index (χ4v) is 1.99. The molecular weight excluding hydrogens is 184 g/mol. The van der Waals surface area contributed by atoms with Crippen LogP contribution >= 0.6 is 0 Å². The molecule has 0 N–H and O–H groups in total. The van der Waals surface area contributed by atoms with Crippen molar-refractivity contribution in [1.82, 2.24) is 0 Å². The average molecular weight is 196 g/mol. The lowest BCUT2D eigenvalue weighted by molar-refractivity contribution is 0.0981. The maximum atomic E-state index is 5.83. The van der Waals surface area contributed by atoms with Crippen molar-refractivity contribution in [2.45, 2.75) is 12.7 Å². The summed E-state index contributed by atoms with van der Waals surface area (Å²) < 4.78 is 5.83. The van der Waals surface area contributed by atoms with Crippen molar-refractivity contribution >= 4 is 6.08 Å². The van der Waals surface area contributed by atoms with Gasteiger partial charge in [0.05, 0.1) is 6.61 Å². The quantitative estimate of drug-likeness (QED) is 0.619. The molecule has 0 bridgehead atoms. The van der Waals surface area contributed by atoms with Crippen molar-refractivity contribution in [2.75, 3.05) is 0 Å². The second-order valence-corrected chi connectivity index (χ2v) is 3.82. The topological polar surface area (TPSA) is 9.23 Å². The molecule has 0 aromatic heterocycles. The van der Waals surface area contributed by atoms with E-state index in [1.165, 1.54) is 16.7 Å². The summed E-state index contributed by atoms with van der Waals surface area (Å²) in [6, 6.07) is 8.39. The maximum absolute atomic E-state index is 5.83. The van der Waals surface area contributed by atoms with E-state index in [9.17, 15) is 0 Å². The summed E-state index contributed by atoms with van der Waals surface area (Å²) in [6.45, 7) is 0.693. The van der Waals surface area contributed by atoms with E-state index < -0.39 is 0 Å². The first-order valence-corrected chi connectivity index (χ1v) is 5.19. The summed E-state index contributed by atoms with van der Waals surface area (Å²) in [6.07, 6.45) is 10.7. The van der Waals surface area contributed by atoms with Crippen LogP contribution < -0.4 is 0 Å². The molecule has 3 rings (SSSR count). The second-order valence-electron chi connectivity index (χ2n) is 3.82. The summed E-state index contributed by atoms with van der Waals surface area (Å²) in [5.74, 6) is 0. The molecule has 74 valence electrons. The molecule has 1 atom stereocenters. The van der Waals surface area contributed by atoms with Crippen LogP contribution in [0.25, 0.3) is 6.08 Å². The van der Waals surface area contributed by atoms with E-state index in [1.54, 1.807) is 0 Å². The van der Waals surface area contributed by atoms with E-state index in [-0.39, 0.29) is 6.10 Å². The van der Waals surface area contributed by atoms with Crippen LogP contribution in [0, 0.1) is 0 Å². The zero-order chi connectivity index (χ0) is 10.1. The van der Waals surface area contributed by atoms with Gasteiger partial charge >= 0.3 is 0 Å². The van der Waals surface area contributed by atoms with Crippen molar-refractivity contribution in [3.63, 3.8) is 0 Å². The van der Waals surface area contributed by atoms with Gasteiger partial charge in [-0.25, -0.2) is 0 Å². The van der Waals surface area contributed by atoms with E-state index in [0.717, 1.165) is 0 Å². The van der Waals surface area contributed by atoms with Crippen molar-refractivity contribution in [3.05, 3.63) is 65.3 Å². The van der Waals surface area contributed by atoms with Gasteiger partial charge in [0.2, 0.25) is 0 Å². The predicted molar refractivity (Wildman–Crippen MR) is 61.3 cm³/mol. The number of benzene rings is 1. The van der Waals surface area contributed by atoms with Crippen molar-refractivity contribution in [3.8, 4) is 0 Å². The molecule has 1 heteroatoms. The minimum absolute atomic E-state index is 0.127. The standard InChI is InChI=1S/C14H12O/c1-2-7-13-10-15-14-8-4-3-6-12(14)9-11(13)5-1/h1-9,14H,10H2. The molecule has 1 aromatic carbocycles. The van der Waals surface area contributed by atoms with Gasteiger partial charge in [-0.05, 0) is 22.8 Å². The zero-order valence-electron chi connectivity index (χ0n) is 8.39. The van der Waals surface area contributed by atoms with Crippen molar-refractivity contribution < 1.29 is 4.74 Å². The monoisotopic (exact) mass is 196 g/mol. The minimum Gasteiger partial charge on any atom is -0.365 e. The molecule has 2 aliphatic rings. The Kier molecular flexibility index (Phi) is 2.04. The zero-order valence-corrected chi connectivity index (χ0v) is 8.39. The third kappa shape index (κ3) is 1.55. The Morgan fingerprint density at radius 3 is 3.07 bits per heavy atom. The van der Waals surface area contributed by atoms with E-state index >= 15 is 0 Å². The summed E-state index contributed by atoms with van der Waals surface area (Å²) >= 11 is 0. The maximum Gasteiger partial charge on any atom is 0.101 e. The number of hydrogen-bond donors (Lipinski definition) is 0. The number of rotatable bonds is 0. The molecule has 0 spiro atoms. The highest BCUT2D eigenvalue weighted by Gasteiger charge is 2.16. The van der Waals surface area contributed by atoms with Gasteiger partial charge < -0.3 is 4.74 Å². The fourth-order valence-electron chi connectivity index (χ4n) is 1.99. The lowest BCUT2D eigenvalue weighted by Gasteiger charge is -2.14. The van der Waals surface area contributed by atoms with Crippen LogP contribution in [-0.4, -0.2) is 6.10 Å². The third-order valence-corrected chi connectivity index (χ3v) is 2.81. The Hall–Kier alpha value is -1.60. The SMILES string of the molecule is C1=CC2=Cc3ccccc3COC2C=C1. The number of fused-ring (bicyclic) bond motifs is 2. The summed E-state index contributed by atoms with van der Waals surface area (Å²) in [7, 11) is 0. The van der Waals surface area contributed by atoms with Crippen LogP contribution in [0.5, 0.6) is 0 Å². The van der Waals surface area contributed by atoms with Gasteiger partial charge in [-0.3, -0.25) is 0 Å². The smallest absolute Gasteiger partial charge is 0.101 e. The van der Waals surface area contributed by atoms with Crippen molar-refractivity contribution in [1.29, 1.82) is 0 Å². The summed E-state index contributed by atoms with van der Waals surface area (Å²) in [5, 5.41) is 0. The summed E-state index contributed by atoms with van der Waals surface area (Å²) in [4.78, 5) is 0. The molecule has 1 nitrogen and oxygen atoms in total. The van der Waals surface area contributed by atoms with Crippen LogP contribution in [0.3, 0.4) is 0 Å². The molecule has 15 heavy (non-hydrogen) atoms. The Labute approximate surface area is 89.4 Å². The fraction of sp³-hybridized carbons (Fsp3) is 0.143. The highest BCUT2D eigenvalue weighted by atomic mass is 16.5. The molecule has 0 radical (unpaired) electrons. The lowest BCUT2D eigenvalue weighted by atomic mass is 10.0. The molecule has 1 aliphatic carbocycles. The summed E-state index contributed by atoms with van der Waals surface area (Å²) in [5.41, 5.74) is 3.78. The first kappa shape index (κ1) is 8.69. The predicted octanol–water partition coefficient (Wildman–Crippen LogP) is 3.09. The van der Waals surface area contributed by atoms with Crippen molar-refractivity contribution in [2.24, 2.45) is 0 Å². The van der Waals surface area contributed by atoms with Gasteiger partial charge in [0.25, 0.3) is 0 Å². The van der Waals surface area contributed by atoms with E-state index in [2.05, 4.69) is 48.6 Å². The Bertz CT molecular complexity index is 466. The third-order valence-electron chi connectivity index (χ3n) is 2.81. The van der Waals surface area contributed by atoms with E-state index in [0.29, 0.717) is 6.61 Å². The van der Waals surface area contributed by atoms with Crippen LogP contribution in [0.2, 0.25) is 0 Å². The van der Waals surface area contributed by atoms with Crippen LogP contribution in [0.1, 0.15) is 11.1 Å². The molecule has 1 unspecified atom stereocenters. The van der Waals surface area contributed by atoms with Gasteiger partial charge in [0.1, 0.15) is 6.10 Å². The molecular formula is C14H12O. The molecule has 0 amide bonds. The Morgan fingerprint density at radius 2 is 2.07 bits per heavy atom. The van der Waals surface area contributed by atoms with Gasteiger partial charge in [-0.15, -0.1) is 0 Å². The van der Waals surface area contributed by atoms with Gasteiger partial charge in [-0.2, -0.15) is 0 Å². The lowest BCUT2D eigenvalue weighted by Crippen LogP contribution is -2.11. The number of hydrogen-bond acceptors (Lipinski definition) is 1. The highest BCUT2D eigenvalue weighted by molar-refractivity contribution is 5.62. The minimum atomic E-state index is 0.127. The Morgan fingerprint density at radius 1 is 1.13 bits per heavy atom. The Balaban J connectivity index is 2.09.